The highest BCUT2D eigenvalue weighted by atomic mass is 32.2. The van der Waals surface area contributed by atoms with Gasteiger partial charge >= 0.3 is 5.91 Å². The maximum absolute atomic E-state index is 13.5. The number of carbonyl (C=O) groups is 2. The third-order valence-corrected chi connectivity index (χ3v) is 8.81. The van der Waals surface area contributed by atoms with Crippen molar-refractivity contribution in [2.75, 3.05) is 11.5 Å². The number of ether oxygens (including phenoxy) is 1. The standard InChI is InChI=1S/C31H29N3O4S2/c1-5-38-23-14-12-22(13-15-23)26-25(27(35)24-16-19(3)6-9-20(24)4)28(36)29(37)34(26)30-32-33-31(40-30)39-17-21-10-7-18(2)8-11-21/h6-16,26,35H,5,17H2,1-4H3. The third kappa shape index (κ3) is 5.52. The number of anilines is 1. The van der Waals surface area contributed by atoms with Crippen molar-refractivity contribution in [2.24, 2.45) is 0 Å². The Labute approximate surface area is 241 Å². The van der Waals surface area contributed by atoms with Crippen LogP contribution in [-0.4, -0.2) is 33.6 Å². The van der Waals surface area contributed by atoms with Crippen LogP contribution in [0.3, 0.4) is 0 Å². The summed E-state index contributed by atoms with van der Waals surface area (Å²) in [5.74, 6) is -0.357. The van der Waals surface area contributed by atoms with Gasteiger partial charge in [0.1, 0.15) is 11.5 Å². The van der Waals surface area contributed by atoms with E-state index in [1.54, 1.807) is 24.3 Å². The highest BCUT2D eigenvalue weighted by molar-refractivity contribution is 8.00. The van der Waals surface area contributed by atoms with E-state index in [0.29, 0.717) is 38.7 Å². The Morgan fingerprint density at radius 2 is 1.68 bits per heavy atom. The van der Waals surface area contributed by atoms with Crippen molar-refractivity contribution >= 4 is 45.7 Å². The van der Waals surface area contributed by atoms with E-state index in [-0.39, 0.29) is 11.3 Å². The van der Waals surface area contributed by atoms with Crippen LogP contribution in [0.4, 0.5) is 5.13 Å². The fraction of sp³-hybridized carbons (Fsp3) is 0.226. The summed E-state index contributed by atoms with van der Waals surface area (Å²) in [5.41, 5.74) is 5.25. The van der Waals surface area contributed by atoms with Crippen LogP contribution >= 0.6 is 23.1 Å². The number of amides is 1. The zero-order valence-electron chi connectivity index (χ0n) is 22.7. The summed E-state index contributed by atoms with van der Waals surface area (Å²) in [4.78, 5) is 28.4. The molecule has 3 aromatic carbocycles. The first-order valence-corrected chi connectivity index (χ1v) is 14.7. The van der Waals surface area contributed by atoms with Crippen molar-refractivity contribution in [3.05, 3.63) is 106 Å². The fourth-order valence-corrected chi connectivity index (χ4v) is 6.41. The Kier molecular flexibility index (Phi) is 8.04. The van der Waals surface area contributed by atoms with Gasteiger partial charge in [0, 0.05) is 11.3 Å². The van der Waals surface area contributed by atoms with E-state index in [4.69, 9.17) is 4.74 Å². The molecule has 1 N–H and O–H groups in total. The van der Waals surface area contributed by atoms with Crippen molar-refractivity contribution in [1.29, 1.82) is 0 Å². The van der Waals surface area contributed by atoms with E-state index in [0.717, 1.165) is 16.7 Å². The molecule has 2 heterocycles. The van der Waals surface area contributed by atoms with Crippen molar-refractivity contribution in [1.82, 2.24) is 10.2 Å². The van der Waals surface area contributed by atoms with Crippen molar-refractivity contribution in [2.45, 2.75) is 43.8 Å². The normalized spacial score (nSPS) is 16.5. The molecule has 9 heteroatoms. The van der Waals surface area contributed by atoms with Crippen LogP contribution in [0, 0.1) is 20.8 Å². The molecule has 0 saturated carbocycles. The van der Waals surface area contributed by atoms with Gasteiger partial charge in [-0.1, -0.05) is 82.8 Å². The molecule has 1 aliphatic heterocycles. The summed E-state index contributed by atoms with van der Waals surface area (Å²) >= 11 is 2.76. The average molecular weight is 572 g/mol. The molecular weight excluding hydrogens is 542 g/mol. The van der Waals surface area contributed by atoms with Crippen LogP contribution in [0.15, 0.2) is 76.6 Å². The summed E-state index contributed by atoms with van der Waals surface area (Å²) in [6, 6.07) is 20.2. The summed E-state index contributed by atoms with van der Waals surface area (Å²) in [7, 11) is 0. The first-order valence-electron chi connectivity index (χ1n) is 12.9. The second-order valence-corrected chi connectivity index (χ2v) is 11.8. The SMILES string of the molecule is CCOc1ccc(C2C(=C(O)c3cc(C)ccc3C)C(=O)C(=O)N2c2nnc(SCc3ccc(C)cc3)s2)cc1. The van der Waals surface area contributed by atoms with Crippen LogP contribution < -0.4 is 9.64 Å². The molecule has 7 nitrogen and oxygen atoms in total. The van der Waals surface area contributed by atoms with Gasteiger partial charge in [0.15, 0.2) is 4.34 Å². The van der Waals surface area contributed by atoms with Gasteiger partial charge in [-0.05, 0) is 62.6 Å². The quantitative estimate of drug-likeness (QED) is 0.0819. The van der Waals surface area contributed by atoms with Crippen LogP contribution in [0.5, 0.6) is 5.75 Å². The summed E-state index contributed by atoms with van der Waals surface area (Å²) < 4.78 is 6.27. The minimum atomic E-state index is -0.876. The number of aryl methyl sites for hydroxylation is 3. The lowest BCUT2D eigenvalue weighted by Gasteiger charge is -2.23. The number of benzene rings is 3. The number of rotatable bonds is 8. The number of Topliss-reactive ketones (excluding diaryl/α,β-unsaturated/α-hetero) is 1. The highest BCUT2D eigenvalue weighted by Gasteiger charge is 2.48. The number of thioether (sulfide) groups is 1. The van der Waals surface area contributed by atoms with E-state index in [2.05, 4.69) is 34.5 Å². The molecule has 1 aliphatic rings. The van der Waals surface area contributed by atoms with E-state index in [1.165, 1.54) is 33.6 Å². The van der Waals surface area contributed by atoms with Gasteiger partial charge < -0.3 is 9.84 Å². The van der Waals surface area contributed by atoms with E-state index in [9.17, 15) is 14.7 Å². The van der Waals surface area contributed by atoms with Crippen molar-refractivity contribution in [3.8, 4) is 5.75 Å². The van der Waals surface area contributed by atoms with Crippen molar-refractivity contribution in [3.63, 3.8) is 0 Å². The number of aromatic nitrogens is 2. The first kappa shape index (κ1) is 27.6. The average Bonchev–Trinajstić information content (AvgIpc) is 3.52. The van der Waals surface area contributed by atoms with Gasteiger partial charge in [0.25, 0.3) is 5.78 Å². The van der Waals surface area contributed by atoms with E-state index < -0.39 is 17.7 Å². The van der Waals surface area contributed by atoms with Gasteiger partial charge in [-0.2, -0.15) is 0 Å². The Morgan fingerprint density at radius 1 is 0.975 bits per heavy atom. The maximum atomic E-state index is 13.5. The number of hydrogen-bond donors (Lipinski definition) is 1. The van der Waals surface area contributed by atoms with E-state index >= 15 is 0 Å². The fourth-order valence-electron chi connectivity index (χ4n) is 4.58. The Morgan fingerprint density at radius 3 is 2.38 bits per heavy atom. The molecule has 4 aromatic rings. The molecule has 1 unspecified atom stereocenters. The molecular formula is C31H29N3O4S2. The molecule has 1 saturated heterocycles. The number of nitrogens with zero attached hydrogens (tertiary/aromatic N) is 3. The molecule has 204 valence electrons. The zero-order chi connectivity index (χ0) is 28.4. The molecule has 1 aromatic heterocycles. The van der Waals surface area contributed by atoms with Crippen LogP contribution in [0.25, 0.3) is 5.76 Å². The minimum absolute atomic E-state index is 0.0203. The number of aliphatic hydroxyl groups is 1. The summed E-state index contributed by atoms with van der Waals surface area (Å²) in [5, 5.41) is 20.4. The minimum Gasteiger partial charge on any atom is -0.507 e. The van der Waals surface area contributed by atoms with Gasteiger partial charge in [0.2, 0.25) is 5.13 Å². The zero-order valence-corrected chi connectivity index (χ0v) is 24.3. The van der Waals surface area contributed by atoms with E-state index in [1.807, 2.05) is 45.9 Å². The van der Waals surface area contributed by atoms with Gasteiger partial charge in [-0.3, -0.25) is 14.5 Å². The molecule has 40 heavy (non-hydrogen) atoms. The number of ketones is 1. The molecule has 1 atom stereocenters. The molecule has 0 radical (unpaired) electrons. The van der Waals surface area contributed by atoms with Crippen LogP contribution in [0.2, 0.25) is 0 Å². The lowest BCUT2D eigenvalue weighted by molar-refractivity contribution is -0.132. The number of carbonyl (C=O) groups excluding carboxylic acids is 2. The Hall–Kier alpha value is -3.95. The van der Waals surface area contributed by atoms with Gasteiger partial charge in [-0.25, -0.2) is 0 Å². The predicted molar refractivity (Wildman–Crippen MR) is 159 cm³/mol. The maximum Gasteiger partial charge on any atom is 0.301 e. The monoisotopic (exact) mass is 571 g/mol. The van der Waals surface area contributed by atoms with Crippen LogP contribution in [-0.2, 0) is 15.3 Å². The lowest BCUT2D eigenvalue weighted by Crippen LogP contribution is -2.29. The van der Waals surface area contributed by atoms with Gasteiger partial charge in [-0.15, -0.1) is 10.2 Å². The van der Waals surface area contributed by atoms with Crippen LogP contribution in [0.1, 0.15) is 46.3 Å². The first-order chi connectivity index (χ1) is 19.3. The smallest absolute Gasteiger partial charge is 0.301 e. The molecule has 1 amide bonds. The summed E-state index contributed by atoms with van der Waals surface area (Å²) in [6.45, 7) is 8.23. The topological polar surface area (TPSA) is 92.6 Å². The molecule has 0 spiro atoms. The number of aliphatic hydroxyl groups excluding tert-OH is 1. The molecule has 0 aliphatic carbocycles. The Balaban J connectivity index is 1.55. The summed E-state index contributed by atoms with van der Waals surface area (Å²) in [6.07, 6.45) is 0. The predicted octanol–water partition coefficient (Wildman–Crippen LogP) is 6.78. The third-order valence-electron chi connectivity index (χ3n) is 6.68. The molecule has 5 rings (SSSR count). The molecule has 1 fully saturated rings. The lowest BCUT2D eigenvalue weighted by atomic mass is 9.93. The largest absolute Gasteiger partial charge is 0.507 e. The van der Waals surface area contributed by atoms with Crippen molar-refractivity contribution < 1.29 is 19.4 Å². The number of hydrogen-bond acceptors (Lipinski definition) is 8. The highest BCUT2D eigenvalue weighted by Crippen LogP contribution is 2.44. The second kappa shape index (κ2) is 11.7. The van der Waals surface area contributed by atoms with Gasteiger partial charge in [0.05, 0.1) is 18.2 Å². The Bertz CT molecular complexity index is 1590. The molecule has 0 bridgehead atoms. The second-order valence-electron chi connectivity index (χ2n) is 9.61.